The number of hydrogen-bond acceptors (Lipinski definition) is 20. The Kier molecular flexibility index (Phi) is 66.4. The van der Waals surface area contributed by atoms with Crippen LogP contribution < -0.4 is 59.1 Å². The molecule has 0 heterocycles. The zero-order chi connectivity index (χ0) is 70.9. The number of carbonyl (C=O) groups excluding carboxylic acids is 8. The fourth-order valence-electron chi connectivity index (χ4n) is 6.38. The van der Waals surface area contributed by atoms with Crippen LogP contribution in [0.25, 0.3) is 36.5 Å². The fraction of sp³-hybridized carbons (Fsp3) is 0.222. The molecule has 98 heavy (non-hydrogen) atoms. The first-order valence-electron chi connectivity index (χ1n) is 28.9. The normalized spacial score (nSPS) is 9.57. The second-order valence-electron chi connectivity index (χ2n) is 17.9. The predicted octanol–water partition coefficient (Wildman–Crippen LogP) is 2.66. The number of benzene rings is 6. The van der Waals surface area contributed by atoms with Crippen LogP contribution in [-0.4, -0.2) is 126 Å². The van der Waals surface area contributed by atoms with Crippen molar-refractivity contribution in [1.29, 1.82) is 0 Å². The third-order valence-corrected chi connectivity index (χ3v) is 10.1. The van der Waals surface area contributed by atoms with Crippen LogP contribution in [0.3, 0.4) is 0 Å². The average Bonchev–Trinajstić information content (AvgIpc) is 1.05. The Labute approximate surface area is 634 Å². The molecule has 0 saturated carbocycles. The van der Waals surface area contributed by atoms with Crippen LogP contribution in [0.1, 0.15) is 74.9 Å². The number of amides is 2. The van der Waals surface area contributed by atoms with Gasteiger partial charge in [-0.15, -0.1) is 0 Å². The van der Waals surface area contributed by atoms with Crippen molar-refractivity contribution in [3.8, 4) is 34.5 Å². The molecule has 24 nitrogen and oxygen atoms in total. The Hall–Kier alpha value is -9.19. The molecule has 6 N–H and O–H groups in total. The number of hydrogen-bond donors (Lipinski definition) is 0. The van der Waals surface area contributed by atoms with E-state index in [0.29, 0.717) is 74.1 Å². The molecule has 26 heteroatoms. The van der Waals surface area contributed by atoms with Crippen molar-refractivity contribution in [3.05, 3.63) is 215 Å². The maximum absolute atomic E-state index is 10.2. The molecule has 532 valence electrons. The monoisotopic (exact) mass is 1650 g/mol. The van der Waals surface area contributed by atoms with Gasteiger partial charge in [-0.3, -0.25) is 9.59 Å². The van der Waals surface area contributed by atoms with Crippen LogP contribution >= 0.6 is 0 Å². The first-order chi connectivity index (χ1) is 45.0. The summed E-state index contributed by atoms with van der Waals surface area (Å²) in [6.07, 6.45) is 16.2. The Balaban J connectivity index is -0.000000250. The summed E-state index contributed by atoms with van der Waals surface area (Å²) in [5.74, 6) is -3.23. The summed E-state index contributed by atoms with van der Waals surface area (Å²) in [6, 6.07) is 43.3. The van der Waals surface area contributed by atoms with Gasteiger partial charge in [0.2, 0.25) is 12.8 Å². The van der Waals surface area contributed by atoms with Gasteiger partial charge in [0.1, 0.15) is 34.5 Å². The quantitative estimate of drug-likeness (QED) is 0.0428. The largest absolute Gasteiger partial charge is 3.00 e. The van der Waals surface area contributed by atoms with E-state index in [9.17, 15) is 69.0 Å². The summed E-state index contributed by atoms with van der Waals surface area (Å²) in [4.78, 5) is 83.0. The van der Waals surface area contributed by atoms with E-state index in [2.05, 4.69) is 0 Å². The van der Waals surface area contributed by atoms with Crippen LogP contribution in [0.5, 0.6) is 34.5 Å². The summed E-state index contributed by atoms with van der Waals surface area (Å²) < 4.78 is 31.8. The SMILES string of the molecule is CCOc1ccccc1/C=C/C(=O)[O-].CCOc1ccccc1/C=C/C(=O)[O-].CCOc1ccccc1/C=C/C(=O)[O-].CCOc1ccccc1/C=C/C(=O)[O-].CCOc1ccccc1/C=C/C(=O)[O-].CCOc1ccccc1/C=C/C(=O)[O-].CN(C)C=O.CN(C)C=O.[OH3+].[OH3+].[Tb+3].[Tb+3]. The molecule has 0 unspecified atom stereocenters. The van der Waals surface area contributed by atoms with Gasteiger partial charge < -0.3 is 109 Å². The van der Waals surface area contributed by atoms with Crippen molar-refractivity contribution in [2.75, 3.05) is 67.8 Å². The molecule has 0 spiro atoms. The van der Waals surface area contributed by atoms with Crippen LogP contribution in [0.4, 0.5) is 0 Å². The number of aliphatic carboxylic acids is 6. The van der Waals surface area contributed by atoms with E-state index in [-0.39, 0.29) is 88.2 Å². The molecule has 0 fully saturated rings. The molecule has 0 atom stereocenters. The minimum atomic E-state index is -1.21. The molecule has 0 aliphatic carbocycles. The van der Waals surface area contributed by atoms with Crippen LogP contribution in [0.15, 0.2) is 182 Å². The Morgan fingerprint density at radius 2 is 0.398 bits per heavy atom. The number of ether oxygens (including phenoxy) is 6. The number of para-hydroxylation sites is 6. The van der Waals surface area contributed by atoms with Crippen molar-refractivity contribution in [2.24, 2.45) is 0 Å². The zero-order valence-electron chi connectivity index (χ0n) is 56.1. The van der Waals surface area contributed by atoms with Gasteiger partial charge >= 0.3 is 77.2 Å². The smallest absolute Gasteiger partial charge is 0.545 e. The summed E-state index contributed by atoms with van der Waals surface area (Å²) in [5, 5.41) is 61.2. The summed E-state index contributed by atoms with van der Waals surface area (Å²) in [7, 11) is 6.75. The van der Waals surface area contributed by atoms with Gasteiger partial charge in [-0.1, -0.05) is 109 Å². The van der Waals surface area contributed by atoms with E-state index in [0.717, 1.165) is 82.7 Å². The molecule has 0 aliphatic heterocycles. The van der Waals surface area contributed by atoms with Crippen LogP contribution in [-0.2, 0) is 49.3 Å². The number of carboxylic acids is 6. The zero-order valence-corrected chi connectivity index (χ0v) is 60.3. The van der Waals surface area contributed by atoms with E-state index in [1.807, 2.05) is 114 Å². The molecular weight excluding hydrogens is 1560 g/mol. The maximum atomic E-state index is 10.2. The van der Waals surface area contributed by atoms with E-state index < -0.39 is 35.8 Å². The molecule has 6 aromatic rings. The predicted molar refractivity (Wildman–Crippen MR) is 359 cm³/mol. The Morgan fingerprint density at radius 1 is 0.286 bits per heavy atom. The molecule has 0 saturated heterocycles. The molecular formula is C72H86N2O22Tb2+2. The number of carbonyl (C=O) groups is 8. The van der Waals surface area contributed by atoms with Gasteiger partial charge in [0.25, 0.3) is 0 Å². The van der Waals surface area contributed by atoms with Crippen molar-refractivity contribution < 1.29 is 186 Å². The molecule has 0 radical (unpaired) electrons. The van der Waals surface area contributed by atoms with E-state index in [1.165, 1.54) is 46.3 Å². The van der Waals surface area contributed by atoms with Crippen molar-refractivity contribution in [1.82, 2.24) is 9.80 Å². The van der Waals surface area contributed by atoms with Crippen molar-refractivity contribution in [2.45, 2.75) is 41.5 Å². The van der Waals surface area contributed by atoms with Gasteiger partial charge in [0.05, 0.1) is 75.5 Å². The van der Waals surface area contributed by atoms with Crippen molar-refractivity contribution >= 4 is 85.1 Å². The van der Waals surface area contributed by atoms with Crippen molar-refractivity contribution in [3.63, 3.8) is 0 Å². The Bertz CT molecular complexity index is 2830. The van der Waals surface area contributed by atoms with E-state index in [4.69, 9.17) is 28.4 Å². The fourth-order valence-corrected chi connectivity index (χ4v) is 6.38. The Morgan fingerprint density at radius 3 is 0.490 bits per heavy atom. The van der Waals surface area contributed by atoms with E-state index >= 15 is 0 Å². The van der Waals surface area contributed by atoms with E-state index in [1.54, 1.807) is 101 Å². The standard InChI is InChI=1S/6C11H12O3.2C3H7NO.2H2O.2Tb/c6*1-2-14-10-6-4-3-5-9(10)7-8-11(12)13;2*1-4(2)3-5;;;;/h6*3-8H,2H2,1H3,(H,12,13);2*3H,1-2H3;2*1H2;;/q;;;;;;;;;;2*+3/p-4/b6*8-7+;;;;;;. The molecule has 0 aliphatic rings. The van der Waals surface area contributed by atoms with Gasteiger partial charge in [0.15, 0.2) is 0 Å². The summed E-state index contributed by atoms with van der Waals surface area (Å²) >= 11 is 0. The van der Waals surface area contributed by atoms with Gasteiger partial charge in [-0.2, -0.15) is 0 Å². The van der Waals surface area contributed by atoms with Crippen LogP contribution in [0, 0.1) is 77.2 Å². The first-order valence-corrected chi connectivity index (χ1v) is 28.9. The minimum Gasteiger partial charge on any atom is -0.545 e. The second kappa shape index (κ2) is 65.1. The molecule has 0 bridgehead atoms. The third-order valence-electron chi connectivity index (χ3n) is 10.1. The first kappa shape index (κ1) is 99.9. The average molecular weight is 1650 g/mol. The second-order valence-corrected chi connectivity index (χ2v) is 17.9. The maximum Gasteiger partial charge on any atom is 3.00 e. The number of rotatable bonds is 26. The molecule has 2 amide bonds. The molecule has 6 aromatic carbocycles. The third kappa shape index (κ3) is 54.0. The van der Waals surface area contributed by atoms with Gasteiger partial charge in [0, 0.05) is 61.6 Å². The van der Waals surface area contributed by atoms with Crippen LogP contribution in [0.2, 0.25) is 0 Å². The van der Waals surface area contributed by atoms with Gasteiger partial charge in [-0.25, -0.2) is 0 Å². The van der Waals surface area contributed by atoms with Gasteiger partial charge in [-0.05, 0) is 151 Å². The number of carboxylic acid groups (broad SMARTS) is 6. The minimum absolute atomic E-state index is 0. The number of nitrogens with zero attached hydrogens (tertiary/aromatic N) is 2. The molecule has 6 rings (SSSR count). The molecule has 0 aromatic heterocycles. The summed E-state index contributed by atoms with van der Waals surface area (Å²) in [6.45, 7) is 14.6. The topological polar surface area (TPSA) is 403 Å². The summed E-state index contributed by atoms with van der Waals surface area (Å²) in [5.41, 5.74) is 4.41.